The van der Waals surface area contributed by atoms with E-state index in [0.29, 0.717) is 17.1 Å². The van der Waals surface area contributed by atoms with Gasteiger partial charge in [0, 0.05) is 22.8 Å². The van der Waals surface area contributed by atoms with E-state index in [0.717, 1.165) is 27.6 Å². The third-order valence-electron chi connectivity index (χ3n) is 6.11. The minimum Gasteiger partial charge on any atom is -0.489 e. The lowest BCUT2D eigenvalue weighted by molar-refractivity contribution is 0.132. The van der Waals surface area contributed by atoms with Crippen LogP contribution in [0.3, 0.4) is 0 Å². The standard InChI is InChI=1S/C25H24O4S/c1-13-14(2)27-21-16-10-11-25(3,4)29-22(16)19-17(15-8-6-5-7-9-15)12-18(26)28-23(19)20(21)24(13)30/h5-14,24,30H,1-4H3/t13-,14-,24-/m1/s1. The molecule has 154 valence electrons. The van der Waals surface area contributed by atoms with Crippen LogP contribution in [0.1, 0.15) is 44.1 Å². The average molecular weight is 421 g/mol. The summed E-state index contributed by atoms with van der Waals surface area (Å²) in [5.74, 6) is 1.53. The summed E-state index contributed by atoms with van der Waals surface area (Å²) < 4.78 is 18.6. The molecule has 3 atom stereocenters. The van der Waals surface area contributed by atoms with Gasteiger partial charge in [-0.1, -0.05) is 37.3 Å². The summed E-state index contributed by atoms with van der Waals surface area (Å²) >= 11 is 4.92. The predicted molar refractivity (Wildman–Crippen MR) is 123 cm³/mol. The Labute approximate surface area is 180 Å². The molecule has 2 aliphatic heterocycles. The van der Waals surface area contributed by atoms with E-state index in [1.165, 1.54) is 0 Å². The monoisotopic (exact) mass is 420 g/mol. The number of thiol groups is 1. The fraction of sp³-hybridized carbons (Fsp3) is 0.320. The molecule has 5 rings (SSSR count). The first kappa shape index (κ1) is 19.3. The van der Waals surface area contributed by atoms with Gasteiger partial charge in [-0.25, -0.2) is 4.79 Å². The zero-order valence-corrected chi connectivity index (χ0v) is 18.3. The third kappa shape index (κ3) is 2.87. The number of rotatable bonds is 1. The van der Waals surface area contributed by atoms with Gasteiger partial charge < -0.3 is 13.9 Å². The Bertz CT molecular complexity index is 1240. The van der Waals surface area contributed by atoms with Crippen molar-refractivity contribution in [3.05, 3.63) is 64.0 Å². The molecule has 0 fully saturated rings. The summed E-state index contributed by atoms with van der Waals surface area (Å²) in [5, 5.41) is 0.658. The lowest BCUT2D eigenvalue weighted by Gasteiger charge is -2.38. The zero-order valence-electron chi connectivity index (χ0n) is 17.4. The van der Waals surface area contributed by atoms with Crippen LogP contribution in [0.4, 0.5) is 0 Å². The Balaban J connectivity index is 1.97. The molecule has 2 aliphatic rings. The molecule has 0 saturated heterocycles. The van der Waals surface area contributed by atoms with Gasteiger partial charge in [0.1, 0.15) is 17.1 Å². The van der Waals surface area contributed by atoms with Crippen molar-refractivity contribution >= 4 is 29.7 Å². The summed E-state index contributed by atoms with van der Waals surface area (Å²) in [6, 6.07) is 11.4. The lowest BCUT2D eigenvalue weighted by Crippen LogP contribution is -2.32. The van der Waals surface area contributed by atoms with E-state index in [4.69, 9.17) is 26.5 Å². The molecule has 0 N–H and O–H groups in total. The number of fused-ring (bicyclic) bond motifs is 6. The SMILES string of the molecule is C[C@@H]1[C@@H](C)Oc2c3c(c4c(-c5ccccc5)cc(=O)oc4c2[C@@H]1S)OC(C)(C)C=C3. The fourth-order valence-electron chi connectivity index (χ4n) is 4.29. The van der Waals surface area contributed by atoms with Gasteiger partial charge in [0.15, 0.2) is 5.58 Å². The molecular weight excluding hydrogens is 396 g/mol. The number of hydrogen-bond donors (Lipinski definition) is 1. The van der Waals surface area contributed by atoms with Gasteiger partial charge in [-0.2, -0.15) is 12.6 Å². The van der Waals surface area contributed by atoms with Gasteiger partial charge in [0.25, 0.3) is 0 Å². The smallest absolute Gasteiger partial charge is 0.336 e. The first-order chi connectivity index (χ1) is 14.3. The Hall–Kier alpha value is -2.66. The Kier molecular flexibility index (Phi) is 4.30. The van der Waals surface area contributed by atoms with E-state index in [-0.39, 0.29) is 17.3 Å². The van der Waals surface area contributed by atoms with Gasteiger partial charge in [-0.3, -0.25) is 0 Å². The summed E-state index contributed by atoms with van der Waals surface area (Å²) in [6.07, 6.45) is 4.07. The van der Waals surface area contributed by atoms with Crippen LogP contribution in [0, 0.1) is 5.92 Å². The van der Waals surface area contributed by atoms with Crippen molar-refractivity contribution in [2.45, 2.75) is 44.6 Å². The van der Waals surface area contributed by atoms with Gasteiger partial charge in [0.05, 0.1) is 22.6 Å². The van der Waals surface area contributed by atoms with Crippen LogP contribution in [0.5, 0.6) is 11.5 Å². The minimum absolute atomic E-state index is 0.0195. The summed E-state index contributed by atoms with van der Waals surface area (Å²) in [7, 11) is 0. The maximum atomic E-state index is 12.6. The van der Waals surface area contributed by atoms with Crippen molar-refractivity contribution < 1.29 is 13.9 Å². The van der Waals surface area contributed by atoms with E-state index in [1.807, 2.05) is 57.2 Å². The normalized spacial score (nSPS) is 24.0. The molecule has 0 saturated carbocycles. The van der Waals surface area contributed by atoms with Crippen molar-refractivity contribution in [3.8, 4) is 22.6 Å². The molecule has 3 heterocycles. The van der Waals surface area contributed by atoms with Gasteiger partial charge in [-0.15, -0.1) is 0 Å². The molecule has 2 aromatic carbocycles. The van der Waals surface area contributed by atoms with Crippen molar-refractivity contribution in [1.29, 1.82) is 0 Å². The summed E-state index contributed by atoms with van der Waals surface area (Å²) in [4.78, 5) is 12.6. The van der Waals surface area contributed by atoms with Crippen molar-refractivity contribution in [2.75, 3.05) is 0 Å². The molecule has 5 heteroatoms. The lowest BCUT2D eigenvalue weighted by atomic mass is 9.86. The first-order valence-electron chi connectivity index (χ1n) is 10.2. The molecule has 0 unspecified atom stereocenters. The second-order valence-corrected chi connectivity index (χ2v) is 9.26. The molecule has 3 aromatic rings. The van der Waals surface area contributed by atoms with Crippen molar-refractivity contribution in [2.24, 2.45) is 5.92 Å². The second kappa shape index (κ2) is 6.67. The van der Waals surface area contributed by atoms with Crippen LogP contribution in [0.15, 0.2) is 51.7 Å². The summed E-state index contributed by atoms with van der Waals surface area (Å²) in [5.41, 5.74) is 3.02. The predicted octanol–water partition coefficient (Wildman–Crippen LogP) is 6.03. The largest absolute Gasteiger partial charge is 0.489 e. The third-order valence-corrected chi connectivity index (χ3v) is 6.83. The highest BCUT2D eigenvalue weighted by molar-refractivity contribution is 7.80. The van der Waals surface area contributed by atoms with Crippen LogP contribution in [-0.4, -0.2) is 11.7 Å². The molecule has 0 aliphatic carbocycles. The van der Waals surface area contributed by atoms with Crippen LogP contribution < -0.4 is 15.1 Å². The van der Waals surface area contributed by atoms with Crippen LogP contribution in [-0.2, 0) is 0 Å². The fourth-order valence-corrected chi connectivity index (χ4v) is 4.76. The van der Waals surface area contributed by atoms with Crippen molar-refractivity contribution in [1.82, 2.24) is 0 Å². The van der Waals surface area contributed by atoms with Gasteiger partial charge in [-0.05, 0) is 38.5 Å². The molecule has 0 amide bonds. The van der Waals surface area contributed by atoms with Gasteiger partial charge >= 0.3 is 5.63 Å². The second-order valence-electron chi connectivity index (χ2n) is 8.70. The van der Waals surface area contributed by atoms with E-state index in [1.54, 1.807) is 6.07 Å². The topological polar surface area (TPSA) is 48.7 Å². The van der Waals surface area contributed by atoms with Crippen LogP contribution in [0.2, 0.25) is 0 Å². The van der Waals surface area contributed by atoms with Crippen molar-refractivity contribution in [3.63, 3.8) is 0 Å². The molecule has 0 spiro atoms. The van der Waals surface area contributed by atoms with E-state index in [9.17, 15) is 4.79 Å². The zero-order chi connectivity index (χ0) is 21.2. The Morgan fingerprint density at radius 2 is 1.80 bits per heavy atom. The average Bonchev–Trinajstić information content (AvgIpc) is 2.71. The van der Waals surface area contributed by atoms with Crippen LogP contribution in [0.25, 0.3) is 28.2 Å². The maximum absolute atomic E-state index is 12.6. The molecule has 0 bridgehead atoms. The quantitative estimate of drug-likeness (QED) is 0.386. The number of benzene rings is 2. The van der Waals surface area contributed by atoms with E-state index >= 15 is 0 Å². The summed E-state index contributed by atoms with van der Waals surface area (Å²) in [6.45, 7) is 8.16. The molecule has 4 nitrogen and oxygen atoms in total. The van der Waals surface area contributed by atoms with Crippen LogP contribution >= 0.6 is 12.6 Å². The minimum atomic E-state index is -0.494. The molecule has 1 aromatic heterocycles. The number of hydrogen-bond acceptors (Lipinski definition) is 5. The highest BCUT2D eigenvalue weighted by Gasteiger charge is 2.39. The molecular formula is C25H24O4S. The van der Waals surface area contributed by atoms with E-state index < -0.39 is 11.2 Å². The highest BCUT2D eigenvalue weighted by atomic mass is 32.1. The molecule has 0 radical (unpaired) electrons. The first-order valence-corrected chi connectivity index (χ1v) is 10.7. The van der Waals surface area contributed by atoms with E-state index in [2.05, 4.69) is 13.0 Å². The Morgan fingerprint density at radius 3 is 2.53 bits per heavy atom. The maximum Gasteiger partial charge on any atom is 0.336 e. The number of ether oxygens (including phenoxy) is 2. The Morgan fingerprint density at radius 1 is 1.07 bits per heavy atom. The van der Waals surface area contributed by atoms with Gasteiger partial charge in [0.2, 0.25) is 0 Å². The highest BCUT2D eigenvalue weighted by Crippen LogP contribution is 2.54. The molecule has 30 heavy (non-hydrogen) atoms.